The molecule has 3 fully saturated rings. The molecule has 0 spiro atoms. The standard InChI is InChI=1S/C16H23NO5/c1-14(2)15(3)6-7-16(14,22-13(15)21)12(20)17-8-4-10(5-9-17)11(18)19/h10H,4-9H2,1-3H3,(H,18,19). The number of aliphatic carboxylic acids is 1. The molecule has 3 rings (SSSR count). The zero-order valence-electron chi connectivity index (χ0n) is 13.3. The number of likely N-dealkylation sites (tertiary alicyclic amines) is 1. The lowest BCUT2D eigenvalue weighted by molar-refractivity contribution is -0.175. The molecule has 3 aliphatic rings. The van der Waals surface area contributed by atoms with E-state index in [0.29, 0.717) is 38.8 Å². The van der Waals surface area contributed by atoms with Gasteiger partial charge in [-0.3, -0.25) is 14.4 Å². The molecule has 0 aromatic rings. The van der Waals surface area contributed by atoms with Crippen LogP contribution in [-0.2, 0) is 19.1 Å². The van der Waals surface area contributed by atoms with E-state index in [-0.39, 0.29) is 17.8 Å². The van der Waals surface area contributed by atoms with Gasteiger partial charge in [0.1, 0.15) is 0 Å². The van der Waals surface area contributed by atoms with Crippen LogP contribution in [0, 0.1) is 16.7 Å². The summed E-state index contributed by atoms with van der Waals surface area (Å²) in [4.78, 5) is 38.0. The first-order valence-corrected chi connectivity index (χ1v) is 7.91. The van der Waals surface area contributed by atoms with E-state index in [1.54, 1.807) is 4.90 Å². The van der Waals surface area contributed by atoms with E-state index >= 15 is 0 Å². The Kier molecular flexibility index (Phi) is 3.10. The quantitative estimate of drug-likeness (QED) is 0.780. The number of hydrogen-bond donors (Lipinski definition) is 1. The molecule has 1 N–H and O–H groups in total. The van der Waals surface area contributed by atoms with Crippen LogP contribution in [0.2, 0.25) is 0 Å². The minimum atomic E-state index is -1.07. The van der Waals surface area contributed by atoms with Gasteiger partial charge in [0.15, 0.2) is 5.60 Å². The van der Waals surface area contributed by atoms with Crippen LogP contribution < -0.4 is 0 Å². The number of carboxylic acids is 1. The Hall–Kier alpha value is -1.59. The molecule has 2 heterocycles. The van der Waals surface area contributed by atoms with Gasteiger partial charge in [0, 0.05) is 18.5 Å². The maximum atomic E-state index is 13.1. The van der Waals surface area contributed by atoms with Crippen molar-refractivity contribution in [1.29, 1.82) is 0 Å². The first kappa shape index (κ1) is 15.3. The molecule has 2 saturated heterocycles. The molecular formula is C16H23NO5. The number of carboxylic acid groups (broad SMARTS) is 1. The van der Waals surface area contributed by atoms with E-state index < -0.39 is 22.4 Å². The second-order valence-electron chi connectivity index (χ2n) is 7.58. The molecular weight excluding hydrogens is 286 g/mol. The minimum Gasteiger partial charge on any atom is -0.481 e. The Morgan fingerprint density at radius 1 is 1.18 bits per heavy atom. The summed E-state index contributed by atoms with van der Waals surface area (Å²) in [5.74, 6) is -1.60. The molecule has 1 aliphatic carbocycles. The SMILES string of the molecule is CC12CCC(C(=O)N3CCC(C(=O)O)CC3)(OC1=O)C2(C)C. The highest BCUT2D eigenvalue weighted by Crippen LogP contribution is 2.66. The van der Waals surface area contributed by atoms with E-state index in [4.69, 9.17) is 9.84 Å². The van der Waals surface area contributed by atoms with E-state index in [1.165, 1.54) is 0 Å². The average Bonchev–Trinajstić information content (AvgIpc) is 2.77. The molecule has 6 nitrogen and oxygen atoms in total. The zero-order valence-corrected chi connectivity index (χ0v) is 13.3. The number of piperidine rings is 1. The highest BCUT2D eigenvalue weighted by atomic mass is 16.6. The van der Waals surface area contributed by atoms with Gasteiger partial charge >= 0.3 is 11.9 Å². The van der Waals surface area contributed by atoms with E-state index in [2.05, 4.69) is 0 Å². The van der Waals surface area contributed by atoms with Crippen LogP contribution in [-0.4, -0.2) is 46.5 Å². The number of amides is 1. The summed E-state index contributed by atoms with van der Waals surface area (Å²) >= 11 is 0. The van der Waals surface area contributed by atoms with Gasteiger partial charge < -0.3 is 14.7 Å². The van der Waals surface area contributed by atoms with E-state index in [9.17, 15) is 14.4 Å². The first-order chi connectivity index (χ1) is 10.2. The van der Waals surface area contributed by atoms with Crippen LogP contribution in [0.25, 0.3) is 0 Å². The Morgan fingerprint density at radius 3 is 2.18 bits per heavy atom. The third-order valence-electron chi connectivity index (χ3n) is 6.56. The van der Waals surface area contributed by atoms with Crippen molar-refractivity contribution < 1.29 is 24.2 Å². The van der Waals surface area contributed by atoms with E-state index in [0.717, 1.165) is 0 Å². The van der Waals surface area contributed by atoms with Gasteiger partial charge in [0.05, 0.1) is 11.3 Å². The first-order valence-electron chi connectivity index (χ1n) is 7.91. The Morgan fingerprint density at radius 2 is 1.77 bits per heavy atom. The fourth-order valence-corrected chi connectivity index (χ4v) is 4.31. The normalized spacial score (nSPS) is 37.2. The van der Waals surface area contributed by atoms with Gasteiger partial charge in [-0.2, -0.15) is 0 Å². The molecule has 0 aromatic carbocycles. The van der Waals surface area contributed by atoms with Gasteiger partial charge in [-0.1, -0.05) is 13.8 Å². The van der Waals surface area contributed by atoms with Gasteiger partial charge in [0.2, 0.25) is 0 Å². The lowest BCUT2D eigenvalue weighted by atomic mass is 9.66. The maximum Gasteiger partial charge on any atom is 0.313 e. The van der Waals surface area contributed by atoms with Crippen LogP contribution in [0.3, 0.4) is 0 Å². The number of rotatable bonds is 2. The predicted octanol–water partition coefficient (Wildman–Crippen LogP) is 1.43. The van der Waals surface area contributed by atoms with Crippen molar-refractivity contribution >= 4 is 17.8 Å². The van der Waals surface area contributed by atoms with Gasteiger partial charge in [0.25, 0.3) is 5.91 Å². The summed E-state index contributed by atoms with van der Waals surface area (Å²) in [5, 5.41) is 9.06. The summed E-state index contributed by atoms with van der Waals surface area (Å²) in [6.07, 6.45) is 2.14. The molecule has 2 atom stereocenters. The molecule has 2 bridgehead atoms. The number of carbonyl (C=O) groups is 3. The fraction of sp³-hybridized carbons (Fsp3) is 0.812. The van der Waals surface area contributed by atoms with Crippen molar-refractivity contribution in [1.82, 2.24) is 4.90 Å². The van der Waals surface area contributed by atoms with Crippen molar-refractivity contribution in [2.45, 2.75) is 52.1 Å². The van der Waals surface area contributed by atoms with Crippen molar-refractivity contribution in [3.63, 3.8) is 0 Å². The Balaban J connectivity index is 1.82. The minimum absolute atomic E-state index is 0.143. The van der Waals surface area contributed by atoms with Crippen LogP contribution in [0.5, 0.6) is 0 Å². The third kappa shape index (κ3) is 1.64. The number of fused-ring (bicyclic) bond motifs is 2. The van der Waals surface area contributed by atoms with Crippen LogP contribution in [0.15, 0.2) is 0 Å². The van der Waals surface area contributed by atoms with Crippen LogP contribution >= 0.6 is 0 Å². The molecule has 2 aliphatic heterocycles. The molecule has 1 saturated carbocycles. The summed E-state index contributed by atoms with van der Waals surface area (Å²) < 4.78 is 5.61. The largest absolute Gasteiger partial charge is 0.481 e. The monoisotopic (exact) mass is 309 g/mol. The lowest BCUT2D eigenvalue weighted by Crippen LogP contribution is -2.56. The average molecular weight is 309 g/mol. The van der Waals surface area contributed by atoms with E-state index in [1.807, 2.05) is 20.8 Å². The van der Waals surface area contributed by atoms with Crippen molar-refractivity contribution in [2.24, 2.45) is 16.7 Å². The number of carbonyl (C=O) groups excluding carboxylic acids is 2. The van der Waals surface area contributed by atoms with Crippen LogP contribution in [0.4, 0.5) is 0 Å². The molecule has 1 amide bonds. The molecule has 6 heteroatoms. The van der Waals surface area contributed by atoms with Crippen molar-refractivity contribution in [2.75, 3.05) is 13.1 Å². The van der Waals surface area contributed by atoms with Crippen molar-refractivity contribution in [3.05, 3.63) is 0 Å². The van der Waals surface area contributed by atoms with Gasteiger partial charge in [-0.15, -0.1) is 0 Å². The Labute approximate surface area is 129 Å². The number of esters is 1. The second kappa shape index (κ2) is 4.46. The number of hydrogen-bond acceptors (Lipinski definition) is 4. The highest BCUT2D eigenvalue weighted by molar-refractivity contribution is 5.96. The van der Waals surface area contributed by atoms with Gasteiger partial charge in [-0.25, -0.2) is 0 Å². The molecule has 0 aromatic heterocycles. The molecule has 122 valence electrons. The molecule has 22 heavy (non-hydrogen) atoms. The topological polar surface area (TPSA) is 83.9 Å². The summed E-state index contributed by atoms with van der Waals surface area (Å²) in [6, 6.07) is 0. The zero-order chi connectivity index (χ0) is 16.3. The number of ether oxygens (including phenoxy) is 1. The Bertz CT molecular complexity index is 549. The predicted molar refractivity (Wildman–Crippen MR) is 76.9 cm³/mol. The highest BCUT2D eigenvalue weighted by Gasteiger charge is 2.76. The fourth-order valence-electron chi connectivity index (χ4n) is 4.31. The summed E-state index contributed by atoms with van der Waals surface area (Å²) in [6.45, 7) is 6.59. The smallest absolute Gasteiger partial charge is 0.313 e. The molecule has 2 unspecified atom stereocenters. The summed E-state index contributed by atoms with van der Waals surface area (Å²) in [5.41, 5.74) is -2.23. The summed E-state index contributed by atoms with van der Waals surface area (Å²) in [7, 11) is 0. The molecule has 0 radical (unpaired) electrons. The third-order valence-corrected chi connectivity index (χ3v) is 6.56. The van der Waals surface area contributed by atoms with Gasteiger partial charge in [-0.05, 0) is 32.6 Å². The number of nitrogens with zero attached hydrogens (tertiary/aromatic N) is 1. The maximum absolute atomic E-state index is 13.1. The lowest BCUT2D eigenvalue weighted by Gasteiger charge is -2.40. The van der Waals surface area contributed by atoms with Crippen molar-refractivity contribution in [3.8, 4) is 0 Å². The van der Waals surface area contributed by atoms with Crippen LogP contribution in [0.1, 0.15) is 46.5 Å². The second-order valence-corrected chi connectivity index (χ2v) is 7.58.